The first-order chi connectivity index (χ1) is 9.17. The molecule has 0 radical (unpaired) electrons. The van der Waals surface area contributed by atoms with Crippen LogP contribution in [-0.2, 0) is 0 Å². The number of hydrogen-bond acceptors (Lipinski definition) is 4. The third-order valence-corrected chi connectivity index (χ3v) is 5.13. The van der Waals surface area contributed by atoms with E-state index in [9.17, 15) is 0 Å². The molecule has 1 aliphatic carbocycles. The summed E-state index contributed by atoms with van der Waals surface area (Å²) in [6, 6.07) is 8.51. The van der Waals surface area contributed by atoms with Gasteiger partial charge in [-0.3, -0.25) is 4.99 Å². The van der Waals surface area contributed by atoms with Crippen LogP contribution in [0.5, 0.6) is 0 Å². The summed E-state index contributed by atoms with van der Waals surface area (Å²) in [5.74, 6) is 1.16. The van der Waals surface area contributed by atoms with E-state index in [2.05, 4.69) is 48.6 Å². The van der Waals surface area contributed by atoms with Crippen LogP contribution in [0.1, 0.15) is 25.7 Å². The molecule has 3 rings (SSSR count). The first-order valence-electron chi connectivity index (χ1n) is 6.94. The number of benzene rings is 1. The van der Waals surface area contributed by atoms with E-state index in [1.165, 1.54) is 31.4 Å². The van der Waals surface area contributed by atoms with Crippen LogP contribution in [0, 0.1) is 0 Å². The highest BCUT2D eigenvalue weighted by Gasteiger charge is 2.38. The number of nitrogens with zero attached hydrogens (tertiary/aromatic N) is 2. The number of nitrogens with one attached hydrogen (secondary N) is 1. The largest absolute Gasteiger partial charge is 0.378 e. The SMILES string of the molecule is CN(C)c1ccc(NC2=NC3(CCCC3)CS2)cc1. The molecule has 2 aliphatic rings. The average Bonchev–Trinajstić information content (AvgIpc) is 3.01. The van der Waals surface area contributed by atoms with Gasteiger partial charge in [0.1, 0.15) is 0 Å². The Bertz CT molecular complexity index is 473. The highest BCUT2D eigenvalue weighted by atomic mass is 32.2. The van der Waals surface area contributed by atoms with Gasteiger partial charge in [-0.2, -0.15) is 0 Å². The third-order valence-electron chi connectivity index (χ3n) is 3.99. The van der Waals surface area contributed by atoms with E-state index in [0.29, 0.717) is 0 Å². The predicted molar refractivity (Wildman–Crippen MR) is 85.5 cm³/mol. The van der Waals surface area contributed by atoms with Crippen LogP contribution in [0.4, 0.5) is 11.4 Å². The second-order valence-electron chi connectivity index (χ2n) is 5.70. The Labute approximate surface area is 119 Å². The van der Waals surface area contributed by atoms with Gasteiger partial charge in [-0.05, 0) is 37.1 Å². The minimum Gasteiger partial charge on any atom is -0.378 e. The molecule has 1 heterocycles. The lowest BCUT2D eigenvalue weighted by molar-refractivity contribution is 0.508. The van der Waals surface area contributed by atoms with Crippen LogP contribution in [0.2, 0.25) is 0 Å². The zero-order chi connectivity index (χ0) is 13.3. The quantitative estimate of drug-likeness (QED) is 0.894. The molecule has 1 aliphatic heterocycles. The van der Waals surface area contributed by atoms with Crippen molar-refractivity contribution >= 4 is 28.3 Å². The Hall–Kier alpha value is -1.16. The summed E-state index contributed by atoms with van der Waals surface area (Å²) in [7, 11) is 4.12. The Balaban J connectivity index is 1.68. The van der Waals surface area contributed by atoms with E-state index >= 15 is 0 Å². The first kappa shape index (κ1) is 12.9. The molecular weight excluding hydrogens is 254 g/mol. The Morgan fingerprint density at radius 1 is 1.16 bits per heavy atom. The molecule has 0 unspecified atom stereocenters. The maximum Gasteiger partial charge on any atom is 0.161 e. The van der Waals surface area contributed by atoms with Crippen molar-refractivity contribution < 1.29 is 0 Å². The van der Waals surface area contributed by atoms with E-state index in [4.69, 9.17) is 4.99 Å². The molecule has 1 aromatic rings. The molecule has 1 fully saturated rings. The molecule has 0 aromatic heterocycles. The lowest BCUT2D eigenvalue weighted by atomic mass is 10.0. The molecule has 102 valence electrons. The van der Waals surface area contributed by atoms with Gasteiger partial charge in [0, 0.05) is 31.2 Å². The maximum absolute atomic E-state index is 4.93. The van der Waals surface area contributed by atoms with Crippen LogP contribution in [-0.4, -0.2) is 30.6 Å². The van der Waals surface area contributed by atoms with Gasteiger partial charge in [0.25, 0.3) is 0 Å². The fourth-order valence-electron chi connectivity index (χ4n) is 2.80. The number of hydrogen-bond donors (Lipinski definition) is 1. The smallest absolute Gasteiger partial charge is 0.161 e. The summed E-state index contributed by atoms with van der Waals surface area (Å²) in [4.78, 5) is 7.04. The highest BCUT2D eigenvalue weighted by Crippen LogP contribution is 2.41. The van der Waals surface area contributed by atoms with Crippen LogP contribution in [0.3, 0.4) is 0 Å². The zero-order valence-electron chi connectivity index (χ0n) is 11.6. The second-order valence-corrected chi connectivity index (χ2v) is 6.67. The molecule has 3 nitrogen and oxygen atoms in total. The van der Waals surface area contributed by atoms with Crippen molar-refractivity contribution in [2.24, 2.45) is 4.99 Å². The summed E-state index contributed by atoms with van der Waals surface area (Å²) in [5.41, 5.74) is 2.61. The van der Waals surface area contributed by atoms with Gasteiger partial charge < -0.3 is 10.2 Å². The molecule has 19 heavy (non-hydrogen) atoms. The van der Waals surface area contributed by atoms with Crippen molar-refractivity contribution in [3.8, 4) is 0 Å². The lowest BCUT2D eigenvalue weighted by Gasteiger charge is -2.16. The molecule has 1 aromatic carbocycles. The Morgan fingerprint density at radius 2 is 1.84 bits per heavy atom. The highest BCUT2D eigenvalue weighted by molar-refractivity contribution is 8.14. The average molecular weight is 275 g/mol. The Kier molecular flexibility index (Phi) is 3.44. The van der Waals surface area contributed by atoms with E-state index in [1.54, 1.807) is 0 Å². The molecule has 1 N–H and O–H groups in total. The van der Waals surface area contributed by atoms with Gasteiger partial charge in [-0.15, -0.1) is 0 Å². The van der Waals surface area contributed by atoms with E-state index in [1.807, 2.05) is 11.8 Å². The molecule has 0 saturated heterocycles. The van der Waals surface area contributed by atoms with Gasteiger partial charge in [-0.25, -0.2) is 0 Å². The Morgan fingerprint density at radius 3 is 2.47 bits per heavy atom. The van der Waals surface area contributed by atoms with Crippen molar-refractivity contribution in [3.63, 3.8) is 0 Å². The van der Waals surface area contributed by atoms with E-state index in [-0.39, 0.29) is 5.54 Å². The number of rotatable bonds is 2. The van der Waals surface area contributed by atoms with E-state index < -0.39 is 0 Å². The van der Waals surface area contributed by atoms with Gasteiger partial charge in [-0.1, -0.05) is 24.6 Å². The molecule has 1 saturated carbocycles. The fourth-order valence-corrected chi connectivity index (χ4v) is 4.01. The monoisotopic (exact) mass is 275 g/mol. The van der Waals surface area contributed by atoms with Crippen molar-refractivity contribution in [2.45, 2.75) is 31.2 Å². The van der Waals surface area contributed by atoms with Crippen LogP contribution >= 0.6 is 11.8 Å². The van der Waals surface area contributed by atoms with Crippen LogP contribution < -0.4 is 10.2 Å². The summed E-state index contributed by atoms with van der Waals surface area (Å²) in [5, 5.41) is 4.55. The van der Waals surface area contributed by atoms with Gasteiger partial charge in [0.15, 0.2) is 5.17 Å². The molecule has 0 amide bonds. The van der Waals surface area contributed by atoms with Gasteiger partial charge in [0.05, 0.1) is 5.54 Å². The zero-order valence-corrected chi connectivity index (χ0v) is 12.5. The van der Waals surface area contributed by atoms with Crippen LogP contribution in [0.15, 0.2) is 29.3 Å². The number of aliphatic imine (C=N–C) groups is 1. The van der Waals surface area contributed by atoms with Crippen LogP contribution in [0.25, 0.3) is 0 Å². The summed E-state index contributed by atoms with van der Waals surface area (Å²) >= 11 is 1.87. The summed E-state index contributed by atoms with van der Waals surface area (Å²) < 4.78 is 0. The van der Waals surface area contributed by atoms with E-state index in [0.717, 1.165) is 16.6 Å². The predicted octanol–water partition coefficient (Wildman–Crippen LogP) is 3.58. The summed E-state index contributed by atoms with van der Waals surface area (Å²) in [6.07, 6.45) is 5.22. The molecule has 4 heteroatoms. The number of anilines is 2. The van der Waals surface area contributed by atoms with Crippen molar-refractivity contribution in [3.05, 3.63) is 24.3 Å². The number of amidine groups is 1. The minimum absolute atomic E-state index is 0.260. The normalized spacial score (nSPS) is 20.6. The first-order valence-corrected chi connectivity index (χ1v) is 7.93. The molecule has 1 spiro atoms. The maximum atomic E-state index is 4.93. The second kappa shape index (κ2) is 5.08. The number of thioether (sulfide) groups is 1. The van der Waals surface area contributed by atoms with Crippen molar-refractivity contribution in [2.75, 3.05) is 30.1 Å². The molecular formula is C15H21N3S. The third kappa shape index (κ3) is 2.73. The van der Waals surface area contributed by atoms with Crippen molar-refractivity contribution in [1.29, 1.82) is 0 Å². The lowest BCUT2D eigenvalue weighted by Crippen LogP contribution is -2.21. The van der Waals surface area contributed by atoms with Gasteiger partial charge in [0.2, 0.25) is 0 Å². The standard InChI is InChI=1S/C15H21N3S/c1-18(2)13-7-5-12(6-8-13)16-14-17-15(11-19-14)9-3-4-10-15/h5-8H,3-4,9-11H2,1-2H3,(H,16,17). The van der Waals surface area contributed by atoms with Crippen molar-refractivity contribution in [1.82, 2.24) is 0 Å². The molecule has 0 bridgehead atoms. The summed E-state index contributed by atoms with van der Waals surface area (Å²) in [6.45, 7) is 0. The van der Waals surface area contributed by atoms with Gasteiger partial charge >= 0.3 is 0 Å². The topological polar surface area (TPSA) is 27.6 Å². The fraction of sp³-hybridized carbons (Fsp3) is 0.533. The molecule has 0 atom stereocenters. The minimum atomic E-state index is 0.260.